The summed E-state index contributed by atoms with van der Waals surface area (Å²) in [5.41, 5.74) is 3.07. The zero-order chi connectivity index (χ0) is 16.7. The van der Waals surface area contributed by atoms with Gasteiger partial charge in [-0.15, -0.1) is 23.1 Å². The van der Waals surface area contributed by atoms with Gasteiger partial charge in [0.05, 0.1) is 18.2 Å². The third-order valence-corrected chi connectivity index (χ3v) is 6.34. The van der Waals surface area contributed by atoms with Gasteiger partial charge in [0.15, 0.2) is 4.96 Å². The molecule has 2 aromatic heterocycles. The van der Waals surface area contributed by atoms with Gasteiger partial charge in [0.1, 0.15) is 0 Å². The van der Waals surface area contributed by atoms with Crippen LogP contribution in [0.1, 0.15) is 29.4 Å². The summed E-state index contributed by atoms with van der Waals surface area (Å²) in [7, 11) is 0. The minimum Gasteiger partial charge on any atom is -0.349 e. The van der Waals surface area contributed by atoms with Gasteiger partial charge in [-0.2, -0.15) is 0 Å². The van der Waals surface area contributed by atoms with Gasteiger partial charge in [0, 0.05) is 32.9 Å². The van der Waals surface area contributed by atoms with Gasteiger partial charge in [0.25, 0.3) is 0 Å². The minimum absolute atomic E-state index is 0.0314. The lowest BCUT2D eigenvalue weighted by atomic mass is 10.0. The van der Waals surface area contributed by atoms with Crippen molar-refractivity contribution >= 4 is 45.6 Å². The molecule has 0 bridgehead atoms. The Bertz CT molecular complexity index is 918. The second-order valence-electron chi connectivity index (χ2n) is 5.88. The molecule has 0 radical (unpaired) electrons. The van der Waals surface area contributed by atoms with Crippen molar-refractivity contribution in [3.8, 4) is 0 Å². The average molecular weight is 378 g/mol. The number of aromatic nitrogens is 2. The Hall–Kier alpha value is -1.50. The lowest BCUT2D eigenvalue weighted by Gasteiger charge is -2.26. The SMILES string of the molecule is Cc1cn2c(CC(=O)NC3CCSc4ccc(Cl)cc43)csc2n1. The molecule has 24 heavy (non-hydrogen) atoms. The molecule has 3 aromatic rings. The van der Waals surface area contributed by atoms with E-state index in [1.165, 1.54) is 4.90 Å². The largest absolute Gasteiger partial charge is 0.349 e. The van der Waals surface area contributed by atoms with Crippen molar-refractivity contribution in [3.05, 3.63) is 51.7 Å². The van der Waals surface area contributed by atoms with Gasteiger partial charge < -0.3 is 5.32 Å². The molecule has 1 aromatic carbocycles. The van der Waals surface area contributed by atoms with E-state index in [1.807, 2.05) is 52.9 Å². The third kappa shape index (κ3) is 3.06. The number of thiazole rings is 1. The first-order valence-electron chi connectivity index (χ1n) is 7.74. The second-order valence-corrected chi connectivity index (χ2v) is 8.29. The Morgan fingerprint density at radius 1 is 1.50 bits per heavy atom. The van der Waals surface area contributed by atoms with Gasteiger partial charge in [-0.1, -0.05) is 11.6 Å². The lowest BCUT2D eigenvalue weighted by molar-refractivity contribution is -0.121. The Balaban J connectivity index is 1.52. The van der Waals surface area contributed by atoms with Crippen molar-refractivity contribution in [2.24, 2.45) is 0 Å². The minimum atomic E-state index is 0.0314. The normalized spacial score (nSPS) is 17.0. The van der Waals surface area contributed by atoms with Crippen molar-refractivity contribution < 1.29 is 4.79 Å². The summed E-state index contributed by atoms with van der Waals surface area (Å²) in [5, 5.41) is 5.89. The van der Waals surface area contributed by atoms with Crippen LogP contribution >= 0.6 is 34.7 Å². The molecule has 3 heterocycles. The molecule has 1 aliphatic rings. The van der Waals surface area contributed by atoms with E-state index < -0.39 is 0 Å². The summed E-state index contributed by atoms with van der Waals surface area (Å²) in [5.74, 6) is 1.03. The van der Waals surface area contributed by atoms with E-state index in [0.29, 0.717) is 11.4 Å². The van der Waals surface area contributed by atoms with Crippen LogP contribution in [0.3, 0.4) is 0 Å². The molecule has 4 rings (SSSR count). The Morgan fingerprint density at radius 2 is 2.38 bits per heavy atom. The molecule has 0 fully saturated rings. The number of nitrogens with zero attached hydrogens (tertiary/aromatic N) is 2. The van der Waals surface area contributed by atoms with Crippen molar-refractivity contribution in [1.82, 2.24) is 14.7 Å². The molecular formula is C17H16ClN3OS2. The fourth-order valence-corrected chi connectivity index (χ4v) is 5.20. The number of aryl methyl sites for hydroxylation is 1. The number of hydrogen-bond acceptors (Lipinski definition) is 4. The standard InChI is InChI=1S/C17H16ClN3OS2/c1-10-8-21-12(9-24-17(21)19-10)7-16(22)20-14-4-5-23-15-3-2-11(18)6-13(14)15/h2-3,6,8-9,14H,4-5,7H2,1H3,(H,20,22). The van der Waals surface area contributed by atoms with Crippen molar-refractivity contribution in [1.29, 1.82) is 0 Å². The van der Waals surface area contributed by atoms with E-state index in [4.69, 9.17) is 11.6 Å². The first-order valence-corrected chi connectivity index (χ1v) is 9.98. The quantitative estimate of drug-likeness (QED) is 0.742. The molecule has 4 nitrogen and oxygen atoms in total. The van der Waals surface area contributed by atoms with E-state index in [-0.39, 0.29) is 11.9 Å². The Morgan fingerprint density at radius 3 is 3.25 bits per heavy atom. The fraction of sp³-hybridized carbons (Fsp3) is 0.294. The first kappa shape index (κ1) is 16.0. The highest BCUT2D eigenvalue weighted by Crippen LogP contribution is 2.37. The smallest absolute Gasteiger partial charge is 0.226 e. The highest BCUT2D eigenvalue weighted by Gasteiger charge is 2.23. The van der Waals surface area contributed by atoms with Gasteiger partial charge in [-0.05, 0) is 37.1 Å². The lowest BCUT2D eigenvalue weighted by Crippen LogP contribution is -2.32. The topological polar surface area (TPSA) is 46.4 Å². The highest BCUT2D eigenvalue weighted by atomic mass is 35.5. The number of rotatable bonds is 3. The second kappa shape index (κ2) is 6.43. The van der Waals surface area contributed by atoms with Crippen LogP contribution in [0.5, 0.6) is 0 Å². The number of amides is 1. The maximum Gasteiger partial charge on any atom is 0.226 e. The van der Waals surface area contributed by atoms with E-state index in [9.17, 15) is 4.79 Å². The molecule has 124 valence electrons. The zero-order valence-electron chi connectivity index (χ0n) is 13.1. The molecule has 1 amide bonds. The van der Waals surface area contributed by atoms with Crippen molar-refractivity contribution in [3.63, 3.8) is 0 Å². The number of fused-ring (bicyclic) bond motifs is 2. The number of thioether (sulfide) groups is 1. The summed E-state index contributed by atoms with van der Waals surface area (Å²) in [6, 6.07) is 5.94. The number of nitrogens with one attached hydrogen (secondary N) is 1. The molecule has 7 heteroatoms. The molecule has 1 aliphatic heterocycles. The van der Waals surface area contributed by atoms with Crippen LogP contribution in [-0.2, 0) is 11.2 Å². The number of imidazole rings is 1. The molecular weight excluding hydrogens is 362 g/mol. The number of hydrogen-bond donors (Lipinski definition) is 1. The maximum atomic E-state index is 12.5. The molecule has 0 saturated carbocycles. The predicted octanol–water partition coefficient (Wildman–Crippen LogP) is 4.25. The van der Waals surface area contributed by atoms with Gasteiger partial charge in [0.2, 0.25) is 5.91 Å². The molecule has 1 N–H and O–H groups in total. The summed E-state index contributed by atoms with van der Waals surface area (Å²) in [6.07, 6.45) is 3.25. The van der Waals surface area contributed by atoms with Crippen molar-refractivity contribution in [2.75, 3.05) is 5.75 Å². The van der Waals surface area contributed by atoms with Crippen molar-refractivity contribution in [2.45, 2.75) is 30.7 Å². The molecule has 0 saturated heterocycles. The fourth-order valence-electron chi connectivity index (χ4n) is 2.99. The number of benzene rings is 1. The average Bonchev–Trinajstić information content (AvgIpc) is 3.08. The molecule has 0 aliphatic carbocycles. The number of carbonyl (C=O) groups is 1. The van der Waals surface area contributed by atoms with E-state index in [1.54, 1.807) is 11.3 Å². The van der Waals surface area contributed by atoms with Gasteiger partial charge in [-0.3, -0.25) is 9.20 Å². The van der Waals surface area contributed by atoms with Crippen LogP contribution in [0, 0.1) is 6.92 Å². The van der Waals surface area contributed by atoms with Crippen LogP contribution < -0.4 is 5.32 Å². The highest BCUT2D eigenvalue weighted by molar-refractivity contribution is 7.99. The maximum absolute atomic E-state index is 12.5. The molecule has 1 atom stereocenters. The summed E-state index contributed by atoms with van der Waals surface area (Å²) < 4.78 is 2.00. The number of carbonyl (C=O) groups excluding carboxylic acids is 1. The van der Waals surface area contributed by atoms with Crippen LogP contribution in [0.25, 0.3) is 4.96 Å². The third-order valence-electron chi connectivity index (χ3n) is 4.09. The predicted molar refractivity (Wildman–Crippen MR) is 99.2 cm³/mol. The van der Waals surface area contributed by atoms with Gasteiger partial charge >= 0.3 is 0 Å². The van der Waals surface area contributed by atoms with Gasteiger partial charge in [-0.25, -0.2) is 4.98 Å². The zero-order valence-corrected chi connectivity index (χ0v) is 15.5. The summed E-state index contributed by atoms with van der Waals surface area (Å²) in [6.45, 7) is 1.96. The monoisotopic (exact) mass is 377 g/mol. The van der Waals surface area contributed by atoms with E-state index in [0.717, 1.165) is 34.1 Å². The van der Waals surface area contributed by atoms with Crippen LogP contribution in [-0.4, -0.2) is 21.0 Å². The molecule has 1 unspecified atom stereocenters. The van der Waals surface area contributed by atoms with Crippen LogP contribution in [0.2, 0.25) is 5.02 Å². The first-order chi connectivity index (χ1) is 11.6. The van der Waals surface area contributed by atoms with Crippen LogP contribution in [0.15, 0.2) is 34.7 Å². The Labute approximate surface area is 153 Å². The summed E-state index contributed by atoms with van der Waals surface area (Å²) in [4.78, 5) is 19.1. The van der Waals surface area contributed by atoms with Crippen LogP contribution in [0.4, 0.5) is 0 Å². The molecule has 0 spiro atoms. The summed E-state index contributed by atoms with van der Waals surface area (Å²) >= 11 is 9.51. The Kier molecular flexibility index (Phi) is 4.28. The van der Waals surface area contributed by atoms with E-state index in [2.05, 4.69) is 10.3 Å². The van der Waals surface area contributed by atoms with E-state index >= 15 is 0 Å². The number of halogens is 1.